The first-order valence-electron chi connectivity index (χ1n) is 5.28. The van der Waals surface area contributed by atoms with Gasteiger partial charge < -0.3 is 15.7 Å². The summed E-state index contributed by atoms with van der Waals surface area (Å²) >= 11 is 0. The zero-order valence-corrected chi connectivity index (χ0v) is 10.1. The van der Waals surface area contributed by atoms with Crippen LogP contribution in [0.15, 0.2) is 18.2 Å². The van der Waals surface area contributed by atoms with Crippen molar-refractivity contribution >= 4 is 11.8 Å². The van der Waals surface area contributed by atoms with E-state index < -0.39 is 11.9 Å². The van der Waals surface area contributed by atoms with Crippen molar-refractivity contribution in [2.45, 2.75) is 19.9 Å². The summed E-state index contributed by atoms with van der Waals surface area (Å²) in [6.07, 6.45) is 0. The molecule has 0 aliphatic heterocycles. The van der Waals surface area contributed by atoms with Gasteiger partial charge in [0.1, 0.15) is 11.8 Å². The lowest BCUT2D eigenvalue weighted by Gasteiger charge is -2.13. The highest BCUT2D eigenvalue weighted by Crippen LogP contribution is 2.21. The fraction of sp³-hybridized carbons (Fsp3) is 0.333. The van der Waals surface area contributed by atoms with E-state index in [0.29, 0.717) is 5.56 Å². The van der Waals surface area contributed by atoms with Crippen molar-refractivity contribution in [1.29, 1.82) is 0 Å². The number of carbonyl (C=O) groups excluding carboxylic acids is 2. The number of rotatable bonds is 3. The first kappa shape index (κ1) is 13.0. The first-order valence-corrected chi connectivity index (χ1v) is 5.28. The second-order valence-electron chi connectivity index (χ2n) is 3.78. The van der Waals surface area contributed by atoms with Crippen LogP contribution in [0.2, 0.25) is 0 Å². The Morgan fingerprint density at radius 2 is 2.00 bits per heavy atom. The molecule has 3 N–H and O–H groups in total. The molecule has 2 amide bonds. The fourth-order valence-corrected chi connectivity index (χ4v) is 1.40. The molecule has 17 heavy (non-hydrogen) atoms. The highest BCUT2D eigenvalue weighted by Gasteiger charge is 2.17. The van der Waals surface area contributed by atoms with Gasteiger partial charge in [-0.1, -0.05) is 12.1 Å². The summed E-state index contributed by atoms with van der Waals surface area (Å²) in [5.41, 5.74) is 0.783. The number of phenols is 1. The lowest BCUT2D eigenvalue weighted by Crippen LogP contribution is -2.43. The molecule has 92 valence electrons. The van der Waals surface area contributed by atoms with E-state index >= 15 is 0 Å². The van der Waals surface area contributed by atoms with Gasteiger partial charge in [-0.3, -0.25) is 9.59 Å². The van der Waals surface area contributed by atoms with Crippen LogP contribution in [0.4, 0.5) is 0 Å². The number of carbonyl (C=O) groups is 2. The van der Waals surface area contributed by atoms with Crippen LogP contribution in [0.5, 0.6) is 5.75 Å². The highest BCUT2D eigenvalue weighted by atomic mass is 16.3. The smallest absolute Gasteiger partial charge is 0.255 e. The quantitative estimate of drug-likeness (QED) is 0.717. The van der Waals surface area contributed by atoms with Crippen LogP contribution in [0.25, 0.3) is 0 Å². The molecule has 0 aliphatic carbocycles. The lowest BCUT2D eigenvalue weighted by molar-refractivity contribution is -0.122. The largest absolute Gasteiger partial charge is 0.507 e. The molecule has 0 spiro atoms. The summed E-state index contributed by atoms with van der Waals surface area (Å²) in [7, 11) is 1.50. The van der Waals surface area contributed by atoms with Crippen LogP contribution >= 0.6 is 0 Å². The van der Waals surface area contributed by atoms with Gasteiger partial charge in [0.05, 0.1) is 5.56 Å². The van der Waals surface area contributed by atoms with Crippen LogP contribution < -0.4 is 10.6 Å². The van der Waals surface area contributed by atoms with Crippen LogP contribution in [0.1, 0.15) is 22.8 Å². The maximum atomic E-state index is 11.8. The van der Waals surface area contributed by atoms with Crippen molar-refractivity contribution in [2.24, 2.45) is 0 Å². The van der Waals surface area contributed by atoms with E-state index in [1.807, 2.05) is 0 Å². The summed E-state index contributed by atoms with van der Waals surface area (Å²) in [4.78, 5) is 23.0. The Bertz CT molecular complexity index is 443. The predicted molar refractivity (Wildman–Crippen MR) is 63.8 cm³/mol. The number of phenolic OH excluding ortho intramolecular Hbond substituents is 1. The average molecular weight is 236 g/mol. The second kappa shape index (κ2) is 5.34. The van der Waals surface area contributed by atoms with E-state index in [4.69, 9.17) is 0 Å². The Morgan fingerprint density at radius 3 is 2.59 bits per heavy atom. The summed E-state index contributed by atoms with van der Waals surface area (Å²) in [5, 5.41) is 14.7. The van der Waals surface area contributed by atoms with E-state index in [2.05, 4.69) is 10.6 Å². The number of likely N-dealkylation sites (N-methyl/N-ethyl adjacent to an activating group) is 1. The Hall–Kier alpha value is -2.04. The standard InChI is InChI=1S/C12H16N2O3/c1-7-5-4-6-9(10(7)15)12(17)14-8(2)11(16)13-3/h4-6,8,15H,1-3H3,(H,13,16)(H,14,17). The zero-order chi connectivity index (χ0) is 13.0. The molecule has 5 nitrogen and oxygen atoms in total. The third-order valence-corrected chi connectivity index (χ3v) is 2.47. The molecule has 0 aliphatic rings. The molecule has 1 unspecified atom stereocenters. The number of para-hydroxylation sites is 1. The van der Waals surface area contributed by atoms with Crippen LogP contribution in [-0.2, 0) is 4.79 Å². The van der Waals surface area contributed by atoms with E-state index in [0.717, 1.165) is 0 Å². The van der Waals surface area contributed by atoms with Gasteiger partial charge in [-0.15, -0.1) is 0 Å². The second-order valence-corrected chi connectivity index (χ2v) is 3.78. The summed E-state index contributed by atoms with van der Waals surface area (Å²) in [5.74, 6) is -0.818. The number of benzene rings is 1. The molecule has 1 aromatic carbocycles. The molecule has 1 atom stereocenters. The Labute approximate surface area is 99.8 Å². The summed E-state index contributed by atoms with van der Waals surface area (Å²) < 4.78 is 0. The number of aromatic hydroxyl groups is 1. The molecular weight excluding hydrogens is 220 g/mol. The van der Waals surface area contributed by atoms with Gasteiger partial charge in [-0.2, -0.15) is 0 Å². The summed E-state index contributed by atoms with van der Waals surface area (Å²) in [6.45, 7) is 3.28. The van der Waals surface area contributed by atoms with Gasteiger partial charge in [0.15, 0.2) is 0 Å². The Morgan fingerprint density at radius 1 is 1.35 bits per heavy atom. The molecule has 0 fully saturated rings. The Balaban J connectivity index is 2.84. The van der Waals surface area contributed by atoms with E-state index in [1.54, 1.807) is 26.0 Å². The summed E-state index contributed by atoms with van der Waals surface area (Å²) in [6, 6.07) is 4.24. The minimum Gasteiger partial charge on any atom is -0.507 e. The molecule has 5 heteroatoms. The minimum absolute atomic E-state index is 0.0610. The van der Waals surface area contributed by atoms with Crippen molar-refractivity contribution in [3.8, 4) is 5.75 Å². The third-order valence-electron chi connectivity index (χ3n) is 2.47. The fourth-order valence-electron chi connectivity index (χ4n) is 1.40. The van der Waals surface area contributed by atoms with Crippen LogP contribution in [0, 0.1) is 6.92 Å². The molecule has 0 saturated heterocycles. The molecule has 0 saturated carbocycles. The Kier molecular flexibility index (Phi) is 4.09. The molecule has 0 bridgehead atoms. The van der Waals surface area contributed by atoms with Crippen LogP contribution in [0.3, 0.4) is 0 Å². The molecule has 0 aromatic heterocycles. The topological polar surface area (TPSA) is 78.4 Å². The number of amides is 2. The van der Waals surface area contributed by atoms with E-state index in [1.165, 1.54) is 13.1 Å². The minimum atomic E-state index is -0.646. The SMILES string of the molecule is CNC(=O)C(C)NC(=O)c1cccc(C)c1O. The van der Waals surface area contributed by atoms with Crippen LogP contribution in [-0.4, -0.2) is 30.0 Å². The third kappa shape index (κ3) is 2.96. The predicted octanol–water partition coefficient (Wildman–Crippen LogP) is 0.565. The van der Waals surface area contributed by atoms with Gasteiger partial charge >= 0.3 is 0 Å². The lowest BCUT2D eigenvalue weighted by atomic mass is 10.1. The molecule has 1 rings (SSSR count). The van der Waals surface area contributed by atoms with Crippen molar-refractivity contribution in [2.75, 3.05) is 7.05 Å². The van der Waals surface area contributed by atoms with Gasteiger partial charge in [0, 0.05) is 7.05 Å². The number of hydrogen-bond donors (Lipinski definition) is 3. The van der Waals surface area contributed by atoms with E-state index in [-0.39, 0.29) is 17.2 Å². The van der Waals surface area contributed by atoms with Gasteiger partial charge in [0.25, 0.3) is 5.91 Å². The van der Waals surface area contributed by atoms with Crippen molar-refractivity contribution in [1.82, 2.24) is 10.6 Å². The zero-order valence-electron chi connectivity index (χ0n) is 10.1. The van der Waals surface area contributed by atoms with Crippen molar-refractivity contribution in [3.63, 3.8) is 0 Å². The van der Waals surface area contributed by atoms with Gasteiger partial charge in [0.2, 0.25) is 5.91 Å². The monoisotopic (exact) mass is 236 g/mol. The van der Waals surface area contributed by atoms with Crippen molar-refractivity contribution in [3.05, 3.63) is 29.3 Å². The normalized spacial score (nSPS) is 11.7. The molecular formula is C12H16N2O3. The van der Waals surface area contributed by atoms with Gasteiger partial charge in [-0.25, -0.2) is 0 Å². The highest BCUT2D eigenvalue weighted by molar-refractivity contribution is 5.99. The maximum Gasteiger partial charge on any atom is 0.255 e. The molecule has 0 radical (unpaired) electrons. The number of nitrogens with one attached hydrogen (secondary N) is 2. The average Bonchev–Trinajstić information content (AvgIpc) is 2.31. The first-order chi connectivity index (χ1) is 7.97. The van der Waals surface area contributed by atoms with E-state index in [9.17, 15) is 14.7 Å². The molecule has 1 aromatic rings. The van der Waals surface area contributed by atoms with Gasteiger partial charge in [-0.05, 0) is 25.5 Å². The maximum absolute atomic E-state index is 11.8. The van der Waals surface area contributed by atoms with Crippen molar-refractivity contribution < 1.29 is 14.7 Å². The number of aryl methyl sites for hydroxylation is 1. The number of hydrogen-bond acceptors (Lipinski definition) is 3. The molecule has 0 heterocycles.